The number of amides is 2. The fourth-order valence-corrected chi connectivity index (χ4v) is 4.21. The fourth-order valence-electron chi connectivity index (χ4n) is 4.21. The second kappa shape index (κ2) is 7.99. The molecule has 2 amide bonds. The Labute approximate surface area is 169 Å². The molecule has 1 N–H and O–H groups in total. The van der Waals surface area contributed by atoms with Crippen molar-refractivity contribution in [2.24, 2.45) is 0 Å². The first-order valence-corrected chi connectivity index (χ1v) is 10.0. The molecule has 0 aliphatic carbocycles. The summed E-state index contributed by atoms with van der Waals surface area (Å²) < 4.78 is 25.3. The lowest BCUT2D eigenvalue weighted by molar-refractivity contribution is -0.0714. The number of halogens is 1. The van der Waals surface area contributed by atoms with E-state index in [2.05, 4.69) is 5.32 Å². The topological polar surface area (TPSA) is 71.8 Å². The van der Waals surface area contributed by atoms with Crippen LogP contribution in [0.25, 0.3) is 0 Å². The fraction of sp³-hybridized carbons (Fsp3) is 0.455. The van der Waals surface area contributed by atoms with E-state index in [9.17, 15) is 14.0 Å². The first-order chi connectivity index (χ1) is 14.0. The highest BCUT2D eigenvalue weighted by molar-refractivity contribution is 5.94. The largest absolute Gasteiger partial charge is 0.459 e. The first kappa shape index (κ1) is 19.6. The van der Waals surface area contributed by atoms with Gasteiger partial charge in [0, 0.05) is 25.2 Å². The number of furan rings is 1. The number of benzene rings is 1. The zero-order valence-corrected chi connectivity index (χ0v) is 16.4. The van der Waals surface area contributed by atoms with Crippen LogP contribution in [0.4, 0.5) is 4.39 Å². The van der Waals surface area contributed by atoms with Crippen LogP contribution in [-0.4, -0.2) is 48.1 Å². The Morgan fingerprint density at radius 1 is 1.21 bits per heavy atom. The molecule has 2 aliphatic heterocycles. The van der Waals surface area contributed by atoms with Crippen molar-refractivity contribution in [2.45, 2.75) is 44.3 Å². The molecule has 7 heteroatoms. The van der Waals surface area contributed by atoms with Gasteiger partial charge in [0.2, 0.25) is 0 Å². The van der Waals surface area contributed by atoms with Gasteiger partial charge in [0.15, 0.2) is 5.76 Å². The summed E-state index contributed by atoms with van der Waals surface area (Å²) in [4.78, 5) is 26.6. The Balaban J connectivity index is 1.28. The molecular weight excluding hydrogens is 375 g/mol. The minimum Gasteiger partial charge on any atom is -0.459 e. The number of nitrogens with zero attached hydrogens (tertiary/aromatic N) is 1. The zero-order chi connectivity index (χ0) is 20.4. The summed E-state index contributed by atoms with van der Waals surface area (Å²) in [6.45, 7) is 3.45. The molecule has 0 unspecified atom stereocenters. The van der Waals surface area contributed by atoms with E-state index >= 15 is 0 Å². The van der Waals surface area contributed by atoms with Crippen molar-refractivity contribution in [3.8, 4) is 0 Å². The first-order valence-electron chi connectivity index (χ1n) is 10.0. The van der Waals surface area contributed by atoms with Gasteiger partial charge in [-0.15, -0.1) is 0 Å². The molecule has 154 valence electrons. The van der Waals surface area contributed by atoms with Gasteiger partial charge >= 0.3 is 0 Å². The van der Waals surface area contributed by atoms with Crippen LogP contribution >= 0.6 is 0 Å². The van der Waals surface area contributed by atoms with Gasteiger partial charge in [-0.25, -0.2) is 4.39 Å². The quantitative estimate of drug-likeness (QED) is 0.855. The number of rotatable bonds is 4. The second-order valence-corrected chi connectivity index (χ2v) is 7.88. The van der Waals surface area contributed by atoms with E-state index in [1.807, 2.05) is 11.8 Å². The molecule has 29 heavy (non-hydrogen) atoms. The molecule has 6 nitrogen and oxygen atoms in total. The molecule has 0 saturated carbocycles. The highest BCUT2D eigenvalue weighted by Gasteiger charge is 2.43. The molecule has 1 spiro atoms. The molecule has 1 aromatic carbocycles. The van der Waals surface area contributed by atoms with Gasteiger partial charge in [-0.05, 0) is 50.8 Å². The predicted octanol–water partition coefficient (Wildman–Crippen LogP) is 3.31. The van der Waals surface area contributed by atoms with Gasteiger partial charge in [0.05, 0.1) is 23.5 Å². The SMILES string of the molecule is Cc1ccoc1C(=O)N1CCC2(CC[C@H](CNC(=O)c3ccccc3F)O2)CC1. The number of nitrogens with one attached hydrogen (secondary N) is 1. The average Bonchev–Trinajstić information content (AvgIpc) is 3.33. The van der Waals surface area contributed by atoms with Crippen LogP contribution in [0.15, 0.2) is 41.0 Å². The maximum Gasteiger partial charge on any atom is 0.289 e. The Bertz CT molecular complexity index is 902. The van der Waals surface area contributed by atoms with Crippen molar-refractivity contribution in [3.63, 3.8) is 0 Å². The van der Waals surface area contributed by atoms with Gasteiger partial charge in [-0.1, -0.05) is 12.1 Å². The third-order valence-electron chi connectivity index (χ3n) is 5.97. The van der Waals surface area contributed by atoms with E-state index in [0.717, 1.165) is 31.2 Å². The lowest BCUT2D eigenvalue weighted by atomic mass is 9.88. The molecule has 2 aliphatic rings. The van der Waals surface area contributed by atoms with Crippen molar-refractivity contribution < 1.29 is 23.1 Å². The summed E-state index contributed by atoms with van der Waals surface area (Å²) in [5.74, 6) is -0.629. The van der Waals surface area contributed by atoms with Crippen LogP contribution in [0.3, 0.4) is 0 Å². The van der Waals surface area contributed by atoms with E-state index < -0.39 is 11.7 Å². The highest BCUT2D eigenvalue weighted by Crippen LogP contribution is 2.39. The number of carbonyl (C=O) groups is 2. The monoisotopic (exact) mass is 400 g/mol. The number of piperidine rings is 1. The Morgan fingerprint density at radius 3 is 2.66 bits per heavy atom. The number of hydrogen-bond acceptors (Lipinski definition) is 4. The summed E-state index contributed by atoms with van der Waals surface area (Å²) >= 11 is 0. The van der Waals surface area contributed by atoms with Crippen molar-refractivity contribution in [3.05, 3.63) is 59.3 Å². The van der Waals surface area contributed by atoms with E-state index in [-0.39, 0.29) is 23.2 Å². The molecule has 2 saturated heterocycles. The van der Waals surface area contributed by atoms with Gasteiger partial charge in [-0.3, -0.25) is 9.59 Å². The van der Waals surface area contributed by atoms with E-state index in [1.54, 1.807) is 18.2 Å². The molecule has 2 fully saturated rings. The molecule has 1 atom stereocenters. The summed E-state index contributed by atoms with van der Waals surface area (Å²) in [5, 5.41) is 2.77. The summed E-state index contributed by atoms with van der Waals surface area (Å²) in [7, 11) is 0. The third kappa shape index (κ3) is 4.05. The number of carbonyl (C=O) groups excluding carboxylic acids is 2. The van der Waals surface area contributed by atoms with Crippen molar-refractivity contribution >= 4 is 11.8 Å². The number of aryl methyl sites for hydroxylation is 1. The minimum absolute atomic E-state index is 0.0419. The highest BCUT2D eigenvalue weighted by atomic mass is 19.1. The molecule has 4 rings (SSSR count). The van der Waals surface area contributed by atoms with Gasteiger partial charge in [-0.2, -0.15) is 0 Å². The van der Waals surface area contributed by atoms with Gasteiger partial charge in [0.1, 0.15) is 5.82 Å². The van der Waals surface area contributed by atoms with Crippen molar-refractivity contribution in [1.82, 2.24) is 10.2 Å². The molecule has 1 aromatic heterocycles. The third-order valence-corrected chi connectivity index (χ3v) is 5.97. The molecule has 0 radical (unpaired) electrons. The molecular formula is C22H25FN2O4. The number of hydrogen-bond donors (Lipinski definition) is 1. The van der Waals surface area contributed by atoms with Crippen molar-refractivity contribution in [1.29, 1.82) is 0 Å². The smallest absolute Gasteiger partial charge is 0.289 e. The normalized spacial score (nSPS) is 20.8. The number of ether oxygens (including phenoxy) is 1. The molecule has 0 bridgehead atoms. The number of likely N-dealkylation sites (tertiary alicyclic amines) is 1. The van der Waals surface area contributed by atoms with Crippen LogP contribution in [-0.2, 0) is 4.74 Å². The van der Waals surface area contributed by atoms with E-state index in [0.29, 0.717) is 25.4 Å². The van der Waals surface area contributed by atoms with Gasteiger partial charge in [0.25, 0.3) is 11.8 Å². The Kier molecular flexibility index (Phi) is 5.41. The molecule has 3 heterocycles. The maximum absolute atomic E-state index is 13.7. The second-order valence-electron chi connectivity index (χ2n) is 7.88. The molecule has 2 aromatic rings. The van der Waals surface area contributed by atoms with Crippen LogP contribution in [0.1, 0.15) is 52.2 Å². The average molecular weight is 400 g/mol. The lowest BCUT2D eigenvalue weighted by Crippen LogP contribution is -2.47. The lowest BCUT2D eigenvalue weighted by Gasteiger charge is -2.39. The van der Waals surface area contributed by atoms with E-state index in [1.165, 1.54) is 18.4 Å². The summed E-state index contributed by atoms with van der Waals surface area (Å²) in [5.41, 5.74) is 0.640. The van der Waals surface area contributed by atoms with Gasteiger partial charge < -0.3 is 19.4 Å². The Morgan fingerprint density at radius 2 is 1.97 bits per heavy atom. The minimum atomic E-state index is -0.530. The predicted molar refractivity (Wildman–Crippen MR) is 104 cm³/mol. The van der Waals surface area contributed by atoms with Crippen LogP contribution < -0.4 is 5.32 Å². The van der Waals surface area contributed by atoms with E-state index in [4.69, 9.17) is 9.15 Å². The summed E-state index contributed by atoms with van der Waals surface area (Å²) in [6, 6.07) is 7.72. The Hall–Kier alpha value is -2.67. The standard InChI is InChI=1S/C22H25FN2O4/c1-15-7-13-28-19(15)21(27)25-11-9-22(10-12-25)8-6-16(29-22)14-24-20(26)17-4-2-3-5-18(17)23/h2-5,7,13,16H,6,8-12,14H2,1H3,(H,24,26)/t16-/m1/s1. The van der Waals surface area contributed by atoms with Crippen LogP contribution in [0.2, 0.25) is 0 Å². The van der Waals surface area contributed by atoms with Crippen LogP contribution in [0, 0.1) is 12.7 Å². The van der Waals surface area contributed by atoms with Crippen molar-refractivity contribution in [2.75, 3.05) is 19.6 Å². The summed E-state index contributed by atoms with van der Waals surface area (Å²) in [6.07, 6.45) is 4.69. The maximum atomic E-state index is 13.7. The zero-order valence-electron chi connectivity index (χ0n) is 16.4. The van der Waals surface area contributed by atoms with Crippen LogP contribution in [0.5, 0.6) is 0 Å².